The van der Waals surface area contributed by atoms with Crippen molar-refractivity contribution in [2.75, 3.05) is 19.8 Å². The van der Waals surface area contributed by atoms with Gasteiger partial charge < -0.3 is 14.2 Å². The van der Waals surface area contributed by atoms with E-state index in [0.717, 1.165) is 6.42 Å². The maximum Gasteiger partial charge on any atom is 0.353 e. The summed E-state index contributed by atoms with van der Waals surface area (Å²) in [4.78, 5) is 11.5. The molecule has 0 saturated heterocycles. The fraction of sp³-hybridized carbons (Fsp3) is 0.667. The summed E-state index contributed by atoms with van der Waals surface area (Å²) < 4.78 is 16.1. The molecule has 0 bridgehead atoms. The molecule has 0 fully saturated rings. The average molecular weight is 266 g/mol. The van der Waals surface area contributed by atoms with Crippen LogP contribution in [0.3, 0.4) is 0 Å². The molecule has 0 heterocycles. The van der Waals surface area contributed by atoms with E-state index < -0.39 is 11.8 Å². The lowest BCUT2D eigenvalue weighted by atomic mass is 10.3. The van der Waals surface area contributed by atoms with Crippen LogP contribution in [0.2, 0.25) is 0 Å². The van der Waals surface area contributed by atoms with Crippen LogP contribution >= 0.6 is 0 Å². The van der Waals surface area contributed by atoms with Gasteiger partial charge in [0.05, 0.1) is 19.8 Å². The van der Waals surface area contributed by atoms with Gasteiger partial charge in [-0.1, -0.05) is 12.8 Å². The SMILES string of the molecule is CCCC#CC(=O)C#CC(OCC)(OCC)OCC. The van der Waals surface area contributed by atoms with Crippen LogP contribution in [-0.2, 0) is 19.0 Å². The molecule has 4 heteroatoms. The second-order valence-corrected chi connectivity index (χ2v) is 3.49. The van der Waals surface area contributed by atoms with Crippen LogP contribution in [0.15, 0.2) is 0 Å². The first-order chi connectivity index (χ1) is 9.14. The molecule has 0 spiro atoms. The Morgan fingerprint density at radius 3 is 1.89 bits per heavy atom. The van der Waals surface area contributed by atoms with Crippen LogP contribution in [0.1, 0.15) is 40.5 Å². The van der Waals surface area contributed by atoms with Crippen molar-refractivity contribution in [3.63, 3.8) is 0 Å². The van der Waals surface area contributed by atoms with Crippen molar-refractivity contribution < 1.29 is 19.0 Å². The maximum absolute atomic E-state index is 11.5. The van der Waals surface area contributed by atoms with Crippen LogP contribution in [0.25, 0.3) is 0 Å². The third-order valence-electron chi connectivity index (χ3n) is 1.91. The highest BCUT2D eigenvalue weighted by atomic mass is 16.9. The summed E-state index contributed by atoms with van der Waals surface area (Å²) in [5.41, 5.74) is 0. The van der Waals surface area contributed by atoms with Gasteiger partial charge in [0, 0.05) is 12.3 Å². The molecule has 0 aromatic heterocycles. The molecule has 0 aromatic carbocycles. The predicted octanol–water partition coefficient (Wildman–Crippen LogP) is 2.13. The van der Waals surface area contributed by atoms with Crippen LogP contribution in [-0.4, -0.2) is 31.6 Å². The maximum atomic E-state index is 11.5. The van der Waals surface area contributed by atoms with Gasteiger partial charge in [0.15, 0.2) is 0 Å². The number of hydrogen-bond donors (Lipinski definition) is 0. The first-order valence-electron chi connectivity index (χ1n) is 6.61. The molecule has 0 aromatic rings. The lowest BCUT2D eigenvalue weighted by Gasteiger charge is -2.26. The quantitative estimate of drug-likeness (QED) is 0.402. The Morgan fingerprint density at radius 1 is 0.947 bits per heavy atom. The molecular weight excluding hydrogens is 244 g/mol. The van der Waals surface area contributed by atoms with Crippen molar-refractivity contribution in [1.29, 1.82) is 0 Å². The smallest absolute Gasteiger partial charge is 0.317 e. The van der Waals surface area contributed by atoms with E-state index in [1.54, 1.807) is 20.8 Å². The third-order valence-corrected chi connectivity index (χ3v) is 1.91. The van der Waals surface area contributed by atoms with Gasteiger partial charge in [-0.05, 0) is 39.0 Å². The molecule has 0 aliphatic heterocycles. The van der Waals surface area contributed by atoms with E-state index in [0.29, 0.717) is 26.2 Å². The molecule has 0 saturated carbocycles. The van der Waals surface area contributed by atoms with Gasteiger partial charge in [0.2, 0.25) is 0 Å². The van der Waals surface area contributed by atoms with Crippen molar-refractivity contribution in [2.24, 2.45) is 0 Å². The summed E-state index contributed by atoms with van der Waals surface area (Å²) in [5.74, 6) is 8.26. The topological polar surface area (TPSA) is 44.8 Å². The minimum absolute atomic E-state index is 0.365. The Hall–Kier alpha value is -1.33. The second kappa shape index (κ2) is 10.6. The van der Waals surface area contributed by atoms with E-state index in [9.17, 15) is 4.79 Å². The molecule has 106 valence electrons. The predicted molar refractivity (Wildman–Crippen MR) is 73.1 cm³/mol. The fourth-order valence-electron chi connectivity index (χ4n) is 1.24. The summed E-state index contributed by atoms with van der Waals surface area (Å²) in [6.45, 7) is 8.50. The van der Waals surface area contributed by atoms with Crippen LogP contribution < -0.4 is 0 Å². The summed E-state index contributed by atoms with van der Waals surface area (Å²) in [6.07, 6.45) is 1.59. The van der Waals surface area contributed by atoms with Crippen molar-refractivity contribution in [1.82, 2.24) is 0 Å². The third kappa shape index (κ3) is 7.64. The molecule has 0 atom stereocenters. The van der Waals surface area contributed by atoms with Crippen molar-refractivity contribution in [3.05, 3.63) is 0 Å². The minimum atomic E-state index is -1.47. The summed E-state index contributed by atoms with van der Waals surface area (Å²) in [6, 6.07) is 0. The first kappa shape index (κ1) is 17.7. The summed E-state index contributed by atoms with van der Waals surface area (Å²) in [5, 5.41) is 0. The van der Waals surface area contributed by atoms with Gasteiger partial charge in [-0.15, -0.1) is 0 Å². The highest BCUT2D eigenvalue weighted by molar-refractivity contribution is 6.08. The number of hydrogen-bond acceptors (Lipinski definition) is 4. The van der Waals surface area contributed by atoms with Crippen LogP contribution in [0, 0.1) is 23.7 Å². The van der Waals surface area contributed by atoms with E-state index in [1.165, 1.54) is 0 Å². The van der Waals surface area contributed by atoms with E-state index in [4.69, 9.17) is 14.2 Å². The number of carbonyl (C=O) groups excluding carboxylic acids is 1. The monoisotopic (exact) mass is 266 g/mol. The molecular formula is C15H22O4. The Morgan fingerprint density at radius 2 is 1.47 bits per heavy atom. The molecule has 0 rings (SSSR count). The van der Waals surface area contributed by atoms with Gasteiger partial charge in [-0.25, -0.2) is 0 Å². The molecule has 0 aliphatic carbocycles. The lowest BCUT2D eigenvalue weighted by Crippen LogP contribution is -2.38. The van der Waals surface area contributed by atoms with Crippen molar-refractivity contribution >= 4 is 5.78 Å². The number of unbranched alkanes of at least 4 members (excludes halogenated alkanes) is 1. The number of rotatable bonds is 7. The Balaban J connectivity index is 4.90. The molecule has 0 aliphatic rings. The molecule has 0 N–H and O–H groups in total. The van der Waals surface area contributed by atoms with Gasteiger partial charge in [0.25, 0.3) is 5.78 Å². The molecule has 0 unspecified atom stereocenters. The average Bonchev–Trinajstić information content (AvgIpc) is 2.38. The molecule has 0 radical (unpaired) electrons. The van der Waals surface area contributed by atoms with Gasteiger partial charge in [-0.2, -0.15) is 0 Å². The van der Waals surface area contributed by atoms with Crippen LogP contribution in [0.5, 0.6) is 0 Å². The van der Waals surface area contributed by atoms with Gasteiger partial charge in [-0.3, -0.25) is 4.79 Å². The van der Waals surface area contributed by atoms with Gasteiger partial charge in [0.1, 0.15) is 0 Å². The zero-order chi connectivity index (χ0) is 14.6. The normalized spacial score (nSPS) is 10.1. The standard InChI is InChI=1S/C15H22O4/c1-5-9-10-11-14(16)12-13-15(17-6-2,18-7-3)19-8-4/h5-9H2,1-4H3. The highest BCUT2D eigenvalue weighted by Gasteiger charge is 2.30. The summed E-state index contributed by atoms with van der Waals surface area (Å²) in [7, 11) is 0. The van der Waals surface area contributed by atoms with Crippen molar-refractivity contribution in [3.8, 4) is 23.7 Å². The fourth-order valence-corrected chi connectivity index (χ4v) is 1.24. The van der Waals surface area contributed by atoms with E-state index in [2.05, 4.69) is 23.7 Å². The van der Waals surface area contributed by atoms with Crippen LogP contribution in [0.4, 0.5) is 0 Å². The highest BCUT2D eigenvalue weighted by Crippen LogP contribution is 2.14. The number of ether oxygens (including phenoxy) is 3. The number of Topliss-reactive ketones (excluding diaryl/α,β-unsaturated/α-hetero) is 1. The van der Waals surface area contributed by atoms with Crippen molar-refractivity contribution in [2.45, 2.75) is 46.5 Å². The van der Waals surface area contributed by atoms with E-state index >= 15 is 0 Å². The molecule has 0 amide bonds. The zero-order valence-electron chi connectivity index (χ0n) is 12.2. The Kier molecular flexibility index (Phi) is 9.84. The first-order valence-corrected chi connectivity index (χ1v) is 6.61. The van der Waals surface area contributed by atoms with E-state index in [1.807, 2.05) is 6.92 Å². The van der Waals surface area contributed by atoms with Gasteiger partial charge >= 0.3 is 5.97 Å². The molecule has 19 heavy (non-hydrogen) atoms. The minimum Gasteiger partial charge on any atom is -0.317 e. The Bertz CT molecular complexity index is 361. The summed E-state index contributed by atoms with van der Waals surface area (Å²) >= 11 is 0. The second-order valence-electron chi connectivity index (χ2n) is 3.49. The number of carbonyl (C=O) groups is 1. The largest absolute Gasteiger partial charge is 0.353 e. The molecule has 4 nitrogen and oxygen atoms in total. The van der Waals surface area contributed by atoms with E-state index in [-0.39, 0.29) is 0 Å². The Labute approximate surface area is 115 Å². The number of ketones is 1. The lowest BCUT2D eigenvalue weighted by molar-refractivity contribution is -0.339. The zero-order valence-corrected chi connectivity index (χ0v) is 12.2.